The molecule has 1 aromatic carbocycles. The Morgan fingerprint density at radius 1 is 1.21 bits per heavy atom. The molecule has 0 radical (unpaired) electrons. The van der Waals surface area contributed by atoms with Crippen molar-refractivity contribution in [3.63, 3.8) is 0 Å². The summed E-state index contributed by atoms with van der Waals surface area (Å²) in [5.41, 5.74) is 1.52. The molecule has 1 saturated heterocycles. The molecular weight excluding hydrogens is 471 g/mol. The van der Waals surface area contributed by atoms with Gasteiger partial charge < -0.3 is 24.8 Å². The lowest BCUT2D eigenvalue weighted by Crippen LogP contribution is -2.56. The van der Waals surface area contributed by atoms with Crippen molar-refractivity contribution in [1.82, 2.24) is 14.8 Å². The van der Waals surface area contributed by atoms with Crippen LogP contribution in [-0.2, 0) is 15.7 Å². The van der Waals surface area contributed by atoms with Crippen LogP contribution in [0.25, 0.3) is 0 Å². The number of benzene rings is 1. The van der Waals surface area contributed by atoms with Gasteiger partial charge in [-0.05, 0) is 18.6 Å². The van der Waals surface area contributed by atoms with Crippen molar-refractivity contribution >= 4 is 33.5 Å². The molecule has 0 saturated carbocycles. The number of para-hydroxylation sites is 2. The molecule has 1 aromatic heterocycles. The maximum absolute atomic E-state index is 13.5. The van der Waals surface area contributed by atoms with Gasteiger partial charge >= 0.3 is 6.18 Å². The zero-order valence-electron chi connectivity index (χ0n) is 18.8. The Labute approximate surface area is 200 Å². The third kappa shape index (κ3) is 5.69. The molecule has 0 spiro atoms. The summed E-state index contributed by atoms with van der Waals surface area (Å²) in [5, 5.41) is 11.5. The Morgan fingerprint density at radius 3 is 2.79 bits per heavy atom. The maximum atomic E-state index is 13.5. The Kier molecular flexibility index (Phi) is 8.04. The minimum atomic E-state index is -4.53. The highest BCUT2D eigenvalue weighted by Crippen LogP contribution is 2.42. The predicted octanol–water partition coefficient (Wildman–Crippen LogP) is 3.33. The van der Waals surface area contributed by atoms with E-state index >= 15 is 0 Å². The summed E-state index contributed by atoms with van der Waals surface area (Å²) >= 11 is 0.596. The van der Waals surface area contributed by atoms with Gasteiger partial charge in [-0.1, -0.05) is 23.5 Å². The van der Waals surface area contributed by atoms with Gasteiger partial charge in [0.25, 0.3) is 0 Å². The highest BCUT2D eigenvalue weighted by atomic mass is 32.1. The van der Waals surface area contributed by atoms with Crippen molar-refractivity contribution in [3.8, 4) is 0 Å². The second-order valence-corrected chi connectivity index (χ2v) is 9.02. The van der Waals surface area contributed by atoms with Gasteiger partial charge in [0, 0.05) is 45.9 Å². The van der Waals surface area contributed by atoms with Gasteiger partial charge in [0.2, 0.25) is 5.01 Å². The van der Waals surface area contributed by atoms with Crippen LogP contribution < -0.4 is 5.32 Å². The van der Waals surface area contributed by atoms with Crippen LogP contribution >= 0.6 is 11.3 Å². The minimum Gasteiger partial charge on any atom is -0.394 e. The quantitative estimate of drug-likeness (QED) is 0.539. The van der Waals surface area contributed by atoms with Crippen LogP contribution in [-0.4, -0.2) is 91.5 Å². The molecule has 3 heterocycles. The molecule has 2 aromatic rings. The van der Waals surface area contributed by atoms with Crippen LogP contribution in [0.15, 0.2) is 29.3 Å². The van der Waals surface area contributed by atoms with Crippen LogP contribution in [0, 0.1) is 0 Å². The highest BCUT2D eigenvalue weighted by Gasteiger charge is 2.39. The molecule has 2 aliphatic heterocycles. The number of rotatable bonds is 8. The van der Waals surface area contributed by atoms with E-state index in [0.29, 0.717) is 79.5 Å². The number of fused-ring (bicyclic) bond motifs is 2. The number of amidine groups is 1. The normalized spacial score (nSPS) is 18.7. The summed E-state index contributed by atoms with van der Waals surface area (Å²) < 4.78 is 51.2. The number of anilines is 2. The van der Waals surface area contributed by atoms with E-state index in [1.165, 1.54) is 0 Å². The number of piperazine rings is 1. The Morgan fingerprint density at radius 2 is 2.03 bits per heavy atom. The average Bonchev–Trinajstić information content (AvgIpc) is 3.18. The van der Waals surface area contributed by atoms with Crippen molar-refractivity contribution in [2.75, 3.05) is 65.0 Å². The van der Waals surface area contributed by atoms with Crippen molar-refractivity contribution in [2.45, 2.75) is 18.6 Å². The smallest absolute Gasteiger partial charge is 0.394 e. The monoisotopic (exact) mass is 499 g/mol. The number of hydrogen-bond donors (Lipinski definition) is 2. The van der Waals surface area contributed by atoms with Crippen LogP contribution in [0.3, 0.4) is 0 Å². The molecule has 0 aliphatic carbocycles. The number of aromatic nitrogens is 1. The lowest BCUT2D eigenvalue weighted by Gasteiger charge is -2.42. The second kappa shape index (κ2) is 11.0. The van der Waals surface area contributed by atoms with Crippen LogP contribution in [0.2, 0.25) is 0 Å². The molecule has 0 unspecified atom stereocenters. The van der Waals surface area contributed by atoms with E-state index < -0.39 is 11.2 Å². The third-order valence-electron chi connectivity index (χ3n) is 5.78. The third-order valence-corrected chi connectivity index (χ3v) is 6.79. The Bertz CT molecular complexity index is 1000. The van der Waals surface area contributed by atoms with E-state index in [9.17, 15) is 13.2 Å². The van der Waals surface area contributed by atoms with E-state index in [-0.39, 0.29) is 18.3 Å². The molecule has 34 heavy (non-hydrogen) atoms. The number of aliphatic hydroxyl groups is 1. The summed E-state index contributed by atoms with van der Waals surface area (Å²) in [7, 11) is 1.65. The molecule has 2 N–H and O–H groups in total. The topological polar surface area (TPSA) is 82.5 Å². The first kappa shape index (κ1) is 24.9. The molecule has 8 nitrogen and oxygen atoms in total. The number of ether oxygens (including phenoxy) is 2. The summed E-state index contributed by atoms with van der Waals surface area (Å²) in [5.74, 6) is 0.442. The van der Waals surface area contributed by atoms with E-state index in [4.69, 9.17) is 19.6 Å². The largest absolute Gasteiger partial charge is 0.443 e. The molecule has 2 aliphatic rings. The second-order valence-electron chi connectivity index (χ2n) is 8.03. The summed E-state index contributed by atoms with van der Waals surface area (Å²) in [4.78, 5) is 13.1. The SMILES string of the molecule is COCC[C@H]1CN(C2=Nc3ccccc3Nc3sc(C(F)(F)F)nc32)CCN1CCOCCO. The van der Waals surface area contributed by atoms with Gasteiger partial charge in [0.15, 0.2) is 5.84 Å². The standard InChI is InChI=1S/C22H28F3N5O3S/c1-32-11-6-15-14-30(8-7-29(15)9-12-33-13-10-31)19-18-20(34-21(28-18)22(23,24)25)27-17-5-3-2-4-16(17)26-19/h2-5,15,27,31H,6-14H2,1H3/t15-/m0/s1. The number of aliphatic imine (C=N–C) groups is 1. The highest BCUT2D eigenvalue weighted by molar-refractivity contribution is 7.16. The maximum Gasteiger partial charge on any atom is 0.443 e. The lowest BCUT2D eigenvalue weighted by molar-refractivity contribution is -0.137. The zero-order valence-corrected chi connectivity index (χ0v) is 19.7. The van der Waals surface area contributed by atoms with Gasteiger partial charge in [0.1, 0.15) is 10.7 Å². The fourth-order valence-corrected chi connectivity index (χ4v) is 4.96. The summed E-state index contributed by atoms with van der Waals surface area (Å²) in [6.07, 6.45) is -3.77. The summed E-state index contributed by atoms with van der Waals surface area (Å²) in [6.45, 7) is 3.87. The number of nitrogens with one attached hydrogen (secondary N) is 1. The van der Waals surface area contributed by atoms with Gasteiger partial charge in [-0.2, -0.15) is 13.2 Å². The molecule has 1 atom stereocenters. The first-order chi connectivity index (χ1) is 16.4. The fraction of sp³-hybridized carbons (Fsp3) is 0.545. The number of aliphatic hydroxyl groups excluding tert-OH is 1. The van der Waals surface area contributed by atoms with Gasteiger partial charge in [-0.25, -0.2) is 9.98 Å². The first-order valence-corrected chi connectivity index (χ1v) is 11.9. The average molecular weight is 500 g/mol. The Hall–Kier alpha value is -2.25. The van der Waals surface area contributed by atoms with E-state index in [1.54, 1.807) is 13.2 Å². The number of hydrogen-bond acceptors (Lipinski definition) is 9. The first-order valence-electron chi connectivity index (χ1n) is 11.1. The minimum absolute atomic E-state index is 0.0217. The van der Waals surface area contributed by atoms with Crippen LogP contribution in [0.5, 0.6) is 0 Å². The van der Waals surface area contributed by atoms with Gasteiger partial charge in [-0.15, -0.1) is 0 Å². The fourth-order valence-electron chi connectivity index (χ4n) is 4.12. The van der Waals surface area contributed by atoms with E-state index in [0.717, 1.165) is 6.42 Å². The number of halogens is 3. The summed E-state index contributed by atoms with van der Waals surface area (Å²) in [6, 6.07) is 7.40. The van der Waals surface area contributed by atoms with Crippen molar-refractivity contribution < 1.29 is 27.8 Å². The predicted molar refractivity (Wildman–Crippen MR) is 124 cm³/mol. The van der Waals surface area contributed by atoms with Crippen LogP contribution in [0.1, 0.15) is 17.1 Å². The number of alkyl halides is 3. The van der Waals surface area contributed by atoms with Crippen molar-refractivity contribution in [1.29, 1.82) is 0 Å². The van der Waals surface area contributed by atoms with Crippen molar-refractivity contribution in [2.24, 2.45) is 4.99 Å². The Balaban J connectivity index is 1.62. The molecule has 0 bridgehead atoms. The molecule has 12 heteroatoms. The molecule has 0 amide bonds. The zero-order chi connectivity index (χ0) is 24.1. The lowest BCUT2D eigenvalue weighted by atomic mass is 10.1. The van der Waals surface area contributed by atoms with E-state index in [1.807, 2.05) is 23.1 Å². The molecule has 186 valence electrons. The number of methoxy groups -OCH3 is 1. The van der Waals surface area contributed by atoms with Crippen LogP contribution in [0.4, 0.5) is 29.5 Å². The number of thiazole rings is 1. The van der Waals surface area contributed by atoms with Gasteiger partial charge in [-0.3, -0.25) is 4.90 Å². The molecule has 1 fully saturated rings. The number of nitrogens with zero attached hydrogens (tertiary/aromatic N) is 4. The molecule has 4 rings (SSSR count). The molecular formula is C22H28F3N5O3S. The van der Waals surface area contributed by atoms with E-state index in [2.05, 4.69) is 15.2 Å². The van der Waals surface area contributed by atoms with Crippen molar-refractivity contribution in [3.05, 3.63) is 35.0 Å². The van der Waals surface area contributed by atoms with Gasteiger partial charge in [0.05, 0.1) is 31.2 Å².